The molecule has 0 aliphatic rings. The van der Waals surface area contributed by atoms with Gasteiger partial charge in [-0.05, 0) is 59.8 Å². The van der Waals surface area contributed by atoms with Gasteiger partial charge in [0.05, 0.1) is 11.3 Å². The van der Waals surface area contributed by atoms with Gasteiger partial charge in [-0.2, -0.15) is 0 Å². The van der Waals surface area contributed by atoms with Crippen LogP contribution in [-0.2, 0) is 0 Å². The van der Waals surface area contributed by atoms with Gasteiger partial charge in [0, 0.05) is 19.9 Å². The second-order valence-electron chi connectivity index (χ2n) is 3.77. The van der Waals surface area contributed by atoms with E-state index in [-0.39, 0.29) is 5.91 Å². The molecule has 0 aliphatic heterocycles. The molecule has 0 saturated carbocycles. The maximum atomic E-state index is 12.0. The molecular formula is C13H10BrIN2O. The lowest BCUT2D eigenvalue weighted by Gasteiger charge is -2.08. The summed E-state index contributed by atoms with van der Waals surface area (Å²) >= 11 is 5.57. The first-order valence-corrected chi connectivity index (χ1v) is 7.12. The molecule has 2 aromatic rings. The van der Waals surface area contributed by atoms with Crippen molar-refractivity contribution < 1.29 is 4.79 Å². The van der Waals surface area contributed by atoms with Crippen LogP contribution >= 0.6 is 38.5 Å². The van der Waals surface area contributed by atoms with E-state index in [1.807, 2.05) is 31.2 Å². The predicted octanol–water partition coefficient (Wildman–Crippen LogP) is 4.01. The Morgan fingerprint density at radius 2 is 2.11 bits per heavy atom. The highest BCUT2D eigenvalue weighted by Crippen LogP contribution is 2.23. The van der Waals surface area contributed by atoms with E-state index < -0.39 is 0 Å². The highest BCUT2D eigenvalue weighted by Gasteiger charge is 2.08. The van der Waals surface area contributed by atoms with Crippen molar-refractivity contribution in [2.45, 2.75) is 6.92 Å². The number of aromatic nitrogens is 1. The summed E-state index contributed by atoms with van der Waals surface area (Å²) in [5.74, 6) is -0.154. The third kappa shape index (κ3) is 3.29. The lowest BCUT2D eigenvalue weighted by molar-refractivity contribution is 0.102. The van der Waals surface area contributed by atoms with Gasteiger partial charge in [-0.25, -0.2) is 0 Å². The average molecular weight is 417 g/mol. The van der Waals surface area contributed by atoms with Crippen LogP contribution in [0.1, 0.15) is 16.1 Å². The second kappa shape index (κ2) is 5.79. The fourth-order valence-electron chi connectivity index (χ4n) is 1.39. The number of aryl methyl sites for hydroxylation is 1. The Balaban J connectivity index is 2.21. The second-order valence-corrected chi connectivity index (χ2v) is 5.84. The molecule has 0 atom stereocenters. The standard InChI is InChI=1S/C13H10BrIN2O/c1-8-2-3-9(7-16-8)13(18)17-12-6-10(14)4-5-11(12)15/h2-7H,1H3,(H,17,18). The van der Waals surface area contributed by atoms with Gasteiger partial charge in [0.15, 0.2) is 0 Å². The van der Waals surface area contributed by atoms with Crippen LogP contribution in [0.3, 0.4) is 0 Å². The van der Waals surface area contributed by atoms with Crippen LogP contribution in [0.2, 0.25) is 0 Å². The number of pyridine rings is 1. The van der Waals surface area contributed by atoms with E-state index in [0.717, 1.165) is 19.4 Å². The Labute approximate surface area is 127 Å². The van der Waals surface area contributed by atoms with E-state index in [2.05, 4.69) is 48.8 Å². The molecule has 5 heteroatoms. The summed E-state index contributed by atoms with van der Waals surface area (Å²) in [5, 5.41) is 2.87. The Kier molecular flexibility index (Phi) is 4.34. The highest BCUT2D eigenvalue weighted by molar-refractivity contribution is 14.1. The summed E-state index contributed by atoms with van der Waals surface area (Å²) in [6.45, 7) is 1.89. The number of rotatable bonds is 2. The lowest BCUT2D eigenvalue weighted by atomic mass is 10.2. The molecule has 0 unspecified atom stereocenters. The van der Waals surface area contributed by atoms with Crippen LogP contribution in [-0.4, -0.2) is 10.9 Å². The topological polar surface area (TPSA) is 42.0 Å². The van der Waals surface area contributed by atoms with Crippen LogP contribution in [0.25, 0.3) is 0 Å². The van der Waals surface area contributed by atoms with Crippen molar-refractivity contribution in [3.63, 3.8) is 0 Å². The first-order valence-electron chi connectivity index (χ1n) is 5.25. The van der Waals surface area contributed by atoms with Crippen LogP contribution in [0.15, 0.2) is 41.0 Å². The van der Waals surface area contributed by atoms with Crippen molar-refractivity contribution in [2.24, 2.45) is 0 Å². The fourth-order valence-corrected chi connectivity index (χ4v) is 2.22. The van der Waals surface area contributed by atoms with Gasteiger partial charge in [0.2, 0.25) is 0 Å². The Morgan fingerprint density at radius 1 is 1.33 bits per heavy atom. The Bertz CT molecular complexity index is 584. The predicted molar refractivity (Wildman–Crippen MR) is 83.8 cm³/mol. The zero-order valence-electron chi connectivity index (χ0n) is 9.58. The Hall–Kier alpha value is -0.950. The highest BCUT2D eigenvalue weighted by atomic mass is 127. The van der Waals surface area contributed by atoms with Gasteiger partial charge in [0.1, 0.15) is 0 Å². The third-order valence-electron chi connectivity index (χ3n) is 2.35. The zero-order valence-corrected chi connectivity index (χ0v) is 13.3. The summed E-state index contributed by atoms with van der Waals surface area (Å²) in [4.78, 5) is 16.1. The number of anilines is 1. The molecule has 3 nitrogen and oxygen atoms in total. The van der Waals surface area contributed by atoms with Gasteiger partial charge < -0.3 is 5.32 Å². The van der Waals surface area contributed by atoms with Gasteiger partial charge in [-0.15, -0.1) is 0 Å². The number of amides is 1. The molecule has 18 heavy (non-hydrogen) atoms. The van der Waals surface area contributed by atoms with Crippen molar-refractivity contribution in [1.29, 1.82) is 0 Å². The molecule has 0 saturated heterocycles. The van der Waals surface area contributed by atoms with E-state index in [0.29, 0.717) is 5.56 Å². The summed E-state index contributed by atoms with van der Waals surface area (Å²) in [6.07, 6.45) is 1.58. The van der Waals surface area contributed by atoms with Crippen LogP contribution in [0, 0.1) is 10.5 Å². The van der Waals surface area contributed by atoms with Crippen molar-refractivity contribution in [3.8, 4) is 0 Å². The minimum absolute atomic E-state index is 0.154. The summed E-state index contributed by atoms with van der Waals surface area (Å²) in [7, 11) is 0. The zero-order chi connectivity index (χ0) is 13.1. The SMILES string of the molecule is Cc1ccc(C(=O)Nc2cc(Br)ccc2I)cn1. The molecule has 0 radical (unpaired) electrons. The van der Waals surface area contributed by atoms with Gasteiger partial charge in [-0.1, -0.05) is 15.9 Å². The first kappa shape index (κ1) is 13.5. The number of nitrogens with zero attached hydrogens (tertiary/aromatic N) is 1. The monoisotopic (exact) mass is 416 g/mol. The molecule has 0 spiro atoms. The largest absolute Gasteiger partial charge is 0.321 e. The van der Waals surface area contributed by atoms with E-state index in [9.17, 15) is 4.79 Å². The lowest BCUT2D eigenvalue weighted by Crippen LogP contribution is -2.13. The maximum Gasteiger partial charge on any atom is 0.257 e. The maximum absolute atomic E-state index is 12.0. The molecular weight excluding hydrogens is 407 g/mol. The van der Waals surface area contributed by atoms with Crippen molar-refractivity contribution >= 4 is 50.1 Å². The summed E-state index contributed by atoms with van der Waals surface area (Å²) in [5.41, 5.74) is 2.23. The fraction of sp³-hybridized carbons (Fsp3) is 0.0769. The molecule has 0 aliphatic carbocycles. The average Bonchev–Trinajstić information content (AvgIpc) is 2.34. The molecule has 0 bridgehead atoms. The van der Waals surface area contributed by atoms with Crippen molar-refractivity contribution in [2.75, 3.05) is 5.32 Å². The molecule has 1 N–H and O–H groups in total. The number of benzene rings is 1. The number of carbonyl (C=O) groups is 1. The van der Waals surface area contributed by atoms with Crippen LogP contribution < -0.4 is 5.32 Å². The molecule has 1 aromatic carbocycles. The number of halogens is 2. The number of hydrogen-bond acceptors (Lipinski definition) is 2. The van der Waals surface area contributed by atoms with Crippen molar-refractivity contribution in [3.05, 3.63) is 55.8 Å². The minimum atomic E-state index is -0.154. The van der Waals surface area contributed by atoms with E-state index in [1.165, 1.54) is 0 Å². The third-order valence-corrected chi connectivity index (χ3v) is 3.78. The van der Waals surface area contributed by atoms with Crippen LogP contribution in [0.4, 0.5) is 5.69 Å². The number of nitrogens with one attached hydrogen (secondary N) is 1. The molecule has 1 aromatic heterocycles. The number of carbonyl (C=O) groups excluding carboxylic acids is 1. The summed E-state index contributed by atoms with van der Waals surface area (Å²) in [6, 6.07) is 9.34. The number of hydrogen-bond donors (Lipinski definition) is 1. The van der Waals surface area contributed by atoms with Gasteiger partial charge in [-0.3, -0.25) is 9.78 Å². The molecule has 1 heterocycles. The molecule has 0 fully saturated rings. The van der Waals surface area contributed by atoms with Gasteiger partial charge in [0.25, 0.3) is 5.91 Å². The summed E-state index contributed by atoms with van der Waals surface area (Å²) < 4.78 is 1.92. The van der Waals surface area contributed by atoms with E-state index in [1.54, 1.807) is 12.3 Å². The quantitative estimate of drug-likeness (QED) is 0.751. The first-order chi connectivity index (χ1) is 8.56. The molecule has 92 valence electrons. The smallest absolute Gasteiger partial charge is 0.257 e. The van der Waals surface area contributed by atoms with E-state index in [4.69, 9.17) is 0 Å². The van der Waals surface area contributed by atoms with Gasteiger partial charge >= 0.3 is 0 Å². The normalized spacial score (nSPS) is 10.2. The minimum Gasteiger partial charge on any atom is -0.321 e. The van der Waals surface area contributed by atoms with Crippen molar-refractivity contribution in [1.82, 2.24) is 4.98 Å². The Morgan fingerprint density at radius 3 is 2.78 bits per heavy atom. The van der Waals surface area contributed by atoms with Crippen LogP contribution in [0.5, 0.6) is 0 Å². The van der Waals surface area contributed by atoms with E-state index >= 15 is 0 Å². The molecule has 2 rings (SSSR count). The molecule has 1 amide bonds.